The number of H-pyrrole nitrogens is 1. The van der Waals surface area contributed by atoms with Crippen molar-refractivity contribution in [3.8, 4) is 11.5 Å². The summed E-state index contributed by atoms with van der Waals surface area (Å²) in [5.41, 5.74) is 3.17. The van der Waals surface area contributed by atoms with E-state index in [1.165, 1.54) is 0 Å². The van der Waals surface area contributed by atoms with E-state index in [1.807, 2.05) is 12.1 Å². The van der Waals surface area contributed by atoms with Crippen LogP contribution in [0.5, 0.6) is 0 Å². The molecule has 3 heterocycles. The Balaban J connectivity index is 1.44. The first kappa shape index (κ1) is 18.3. The summed E-state index contributed by atoms with van der Waals surface area (Å²) in [5, 5.41) is 9.19. The van der Waals surface area contributed by atoms with E-state index in [2.05, 4.69) is 24.8 Å². The lowest BCUT2D eigenvalue weighted by molar-refractivity contribution is 0.0696. The van der Waals surface area contributed by atoms with Gasteiger partial charge in [0.05, 0.1) is 11.3 Å². The maximum absolute atomic E-state index is 11.2. The van der Waals surface area contributed by atoms with E-state index >= 15 is 0 Å². The zero-order valence-electron chi connectivity index (χ0n) is 15.6. The van der Waals surface area contributed by atoms with Crippen LogP contribution in [-0.4, -0.2) is 49.0 Å². The van der Waals surface area contributed by atoms with Gasteiger partial charge in [-0.2, -0.15) is 0 Å². The molecule has 7 nitrogen and oxygen atoms in total. The van der Waals surface area contributed by atoms with Crippen LogP contribution in [0.4, 0.5) is 0 Å². The first-order chi connectivity index (χ1) is 13.7. The fraction of sp³-hybridized carbons (Fsp3) is 0.333. The number of hydrogen-bond acceptors (Lipinski definition) is 5. The van der Waals surface area contributed by atoms with Gasteiger partial charge in [0, 0.05) is 37.9 Å². The van der Waals surface area contributed by atoms with Crippen molar-refractivity contribution >= 4 is 5.97 Å². The van der Waals surface area contributed by atoms with Crippen molar-refractivity contribution < 1.29 is 9.90 Å². The first-order valence-electron chi connectivity index (χ1n) is 9.53. The molecule has 28 heavy (non-hydrogen) atoms. The lowest BCUT2D eigenvalue weighted by atomic mass is 9.92. The van der Waals surface area contributed by atoms with Gasteiger partial charge >= 0.3 is 5.97 Å². The van der Waals surface area contributed by atoms with Crippen LogP contribution in [0.2, 0.25) is 0 Å². The second-order valence-electron chi connectivity index (χ2n) is 7.24. The highest BCUT2D eigenvalue weighted by Crippen LogP contribution is 2.25. The molecule has 0 amide bonds. The molecule has 1 fully saturated rings. The van der Waals surface area contributed by atoms with Gasteiger partial charge in [-0.25, -0.2) is 14.8 Å². The Morgan fingerprint density at radius 1 is 1.21 bits per heavy atom. The topological polar surface area (TPSA) is 95.0 Å². The van der Waals surface area contributed by atoms with Gasteiger partial charge in [0.2, 0.25) is 0 Å². The van der Waals surface area contributed by atoms with Crippen LogP contribution in [0.25, 0.3) is 11.5 Å². The number of aromatic amines is 1. The Morgan fingerprint density at radius 2 is 2.11 bits per heavy atom. The highest BCUT2D eigenvalue weighted by molar-refractivity contribution is 5.87. The third kappa shape index (κ3) is 4.26. The van der Waals surface area contributed by atoms with Crippen LogP contribution < -0.4 is 0 Å². The normalized spacial score (nSPS) is 17.5. The number of piperidine rings is 1. The van der Waals surface area contributed by atoms with Crippen LogP contribution in [0.15, 0.2) is 49.1 Å². The Hall–Kier alpha value is -3.06. The zero-order valence-corrected chi connectivity index (χ0v) is 15.6. The van der Waals surface area contributed by atoms with E-state index in [0.717, 1.165) is 61.7 Å². The van der Waals surface area contributed by atoms with E-state index in [0.29, 0.717) is 11.5 Å². The standard InChI is InChI=1S/C21H23N5O2/c27-21(28)17-5-1-3-15(11-17)13-26-10-2-4-16(14-26)12-18-19(23-7-6-22-18)20-24-8-9-25-20/h1,3,5-9,11,16H,2,4,10,12-14H2,(H,24,25)(H,27,28). The third-order valence-corrected chi connectivity index (χ3v) is 5.16. The number of likely N-dealkylation sites (tertiary alicyclic amines) is 1. The highest BCUT2D eigenvalue weighted by atomic mass is 16.4. The largest absolute Gasteiger partial charge is 0.478 e. The Labute approximate surface area is 163 Å². The minimum absolute atomic E-state index is 0.341. The summed E-state index contributed by atoms with van der Waals surface area (Å²) in [7, 11) is 0. The highest BCUT2D eigenvalue weighted by Gasteiger charge is 2.23. The Morgan fingerprint density at radius 3 is 2.93 bits per heavy atom. The van der Waals surface area contributed by atoms with Gasteiger partial charge in [-0.3, -0.25) is 9.88 Å². The first-order valence-corrected chi connectivity index (χ1v) is 9.53. The molecule has 0 radical (unpaired) electrons. The molecule has 0 saturated carbocycles. The van der Waals surface area contributed by atoms with Crippen LogP contribution in [0, 0.1) is 5.92 Å². The number of nitrogens with one attached hydrogen (secondary N) is 1. The number of aromatic carboxylic acids is 1. The van der Waals surface area contributed by atoms with Crippen molar-refractivity contribution in [3.05, 3.63) is 65.9 Å². The summed E-state index contributed by atoms with van der Waals surface area (Å²) in [6, 6.07) is 7.21. The van der Waals surface area contributed by atoms with E-state index < -0.39 is 5.97 Å². The molecule has 1 atom stereocenters. The maximum Gasteiger partial charge on any atom is 0.335 e. The summed E-state index contributed by atoms with van der Waals surface area (Å²) in [6.45, 7) is 2.76. The Bertz CT molecular complexity index is 941. The molecular weight excluding hydrogens is 354 g/mol. The van der Waals surface area contributed by atoms with E-state index in [9.17, 15) is 9.90 Å². The van der Waals surface area contributed by atoms with Gasteiger partial charge in [-0.1, -0.05) is 12.1 Å². The molecule has 0 aliphatic carbocycles. The molecule has 1 aliphatic heterocycles. The number of hydrogen-bond donors (Lipinski definition) is 2. The van der Waals surface area contributed by atoms with Gasteiger partial charge in [0.15, 0.2) is 5.82 Å². The molecule has 4 rings (SSSR count). The number of benzene rings is 1. The van der Waals surface area contributed by atoms with Gasteiger partial charge in [-0.15, -0.1) is 0 Å². The molecule has 1 aliphatic rings. The lowest BCUT2D eigenvalue weighted by Gasteiger charge is -2.32. The third-order valence-electron chi connectivity index (χ3n) is 5.16. The number of carbonyl (C=O) groups is 1. The number of aromatic nitrogens is 4. The fourth-order valence-electron chi connectivity index (χ4n) is 3.90. The number of carboxylic acid groups (broad SMARTS) is 1. The van der Waals surface area contributed by atoms with Crippen LogP contribution in [-0.2, 0) is 13.0 Å². The van der Waals surface area contributed by atoms with Crippen molar-refractivity contribution in [1.82, 2.24) is 24.8 Å². The summed E-state index contributed by atoms with van der Waals surface area (Å²) < 4.78 is 0. The molecule has 1 unspecified atom stereocenters. The molecule has 2 aromatic heterocycles. The lowest BCUT2D eigenvalue weighted by Crippen LogP contribution is -2.36. The molecule has 0 bridgehead atoms. The number of imidazole rings is 1. The smallest absolute Gasteiger partial charge is 0.335 e. The number of rotatable bonds is 6. The second-order valence-corrected chi connectivity index (χ2v) is 7.24. The molecule has 1 saturated heterocycles. The molecular formula is C21H23N5O2. The van der Waals surface area contributed by atoms with Crippen molar-refractivity contribution in [3.63, 3.8) is 0 Å². The average Bonchev–Trinajstić information content (AvgIpc) is 3.23. The molecule has 2 N–H and O–H groups in total. The number of nitrogens with zero attached hydrogens (tertiary/aromatic N) is 4. The minimum Gasteiger partial charge on any atom is -0.478 e. The van der Waals surface area contributed by atoms with Crippen LogP contribution in [0.3, 0.4) is 0 Å². The van der Waals surface area contributed by atoms with Crippen LogP contribution >= 0.6 is 0 Å². The fourth-order valence-corrected chi connectivity index (χ4v) is 3.90. The predicted molar refractivity (Wildman–Crippen MR) is 105 cm³/mol. The van der Waals surface area contributed by atoms with E-state index in [4.69, 9.17) is 0 Å². The monoisotopic (exact) mass is 377 g/mol. The van der Waals surface area contributed by atoms with Gasteiger partial charge in [-0.05, 0) is 49.4 Å². The van der Waals surface area contributed by atoms with Gasteiger partial charge < -0.3 is 10.1 Å². The average molecular weight is 377 g/mol. The van der Waals surface area contributed by atoms with Crippen molar-refractivity contribution in [2.75, 3.05) is 13.1 Å². The maximum atomic E-state index is 11.2. The minimum atomic E-state index is -0.883. The van der Waals surface area contributed by atoms with Crippen LogP contribution in [0.1, 0.15) is 34.5 Å². The molecule has 3 aromatic rings. The van der Waals surface area contributed by atoms with Gasteiger partial charge in [0.25, 0.3) is 0 Å². The molecule has 1 aromatic carbocycles. The quantitative estimate of drug-likeness (QED) is 0.686. The van der Waals surface area contributed by atoms with Crippen molar-refractivity contribution in [2.45, 2.75) is 25.8 Å². The van der Waals surface area contributed by atoms with E-state index in [1.54, 1.807) is 36.9 Å². The van der Waals surface area contributed by atoms with E-state index in [-0.39, 0.29) is 0 Å². The SMILES string of the molecule is O=C(O)c1cccc(CN2CCCC(Cc3nccnc3-c3ncc[nH]3)C2)c1. The molecule has 0 spiro atoms. The summed E-state index contributed by atoms with van der Waals surface area (Å²) in [5.74, 6) is 0.356. The number of carboxylic acids is 1. The zero-order chi connectivity index (χ0) is 19.3. The Kier molecular flexibility index (Phi) is 5.43. The molecule has 144 valence electrons. The summed E-state index contributed by atoms with van der Waals surface area (Å²) in [6.07, 6.45) is 10.1. The second kappa shape index (κ2) is 8.31. The molecule has 7 heteroatoms. The van der Waals surface area contributed by atoms with Crippen molar-refractivity contribution in [2.24, 2.45) is 5.92 Å². The van der Waals surface area contributed by atoms with Gasteiger partial charge in [0.1, 0.15) is 5.69 Å². The summed E-state index contributed by atoms with van der Waals surface area (Å²) in [4.78, 5) is 30.1. The predicted octanol–water partition coefficient (Wildman–Crippen LogP) is 3.02. The van der Waals surface area contributed by atoms with Crippen molar-refractivity contribution in [1.29, 1.82) is 0 Å². The summed E-state index contributed by atoms with van der Waals surface area (Å²) >= 11 is 0.